The van der Waals surface area contributed by atoms with Crippen LogP contribution in [0.3, 0.4) is 0 Å². The Labute approximate surface area is 98.8 Å². The third-order valence-electron chi connectivity index (χ3n) is 2.49. The SMILES string of the molecule is COC(=O)C(Sc1nccc(C)n1)C1CC1. The molecule has 0 N–H and O–H groups in total. The van der Waals surface area contributed by atoms with Crippen molar-refractivity contribution >= 4 is 17.7 Å². The number of methoxy groups -OCH3 is 1. The van der Waals surface area contributed by atoms with Crippen LogP contribution >= 0.6 is 11.8 Å². The molecule has 1 aliphatic carbocycles. The molecule has 0 radical (unpaired) electrons. The fourth-order valence-electron chi connectivity index (χ4n) is 1.45. The van der Waals surface area contributed by atoms with Crippen molar-refractivity contribution < 1.29 is 9.53 Å². The molecule has 0 amide bonds. The van der Waals surface area contributed by atoms with Crippen LogP contribution in [0.4, 0.5) is 0 Å². The topological polar surface area (TPSA) is 52.1 Å². The van der Waals surface area contributed by atoms with Crippen molar-refractivity contribution in [2.75, 3.05) is 7.11 Å². The van der Waals surface area contributed by atoms with E-state index in [0.717, 1.165) is 18.5 Å². The minimum atomic E-state index is -0.169. The maximum atomic E-state index is 11.6. The smallest absolute Gasteiger partial charge is 0.319 e. The number of carbonyl (C=O) groups excluding carboxylic acids is 1. The summed E-state index contributed by atoms with van der Waals surface area (Å²) >= 11 is 1.41. The molecule has 0 spiro atoms. The van der Waals surface area contributed by atoms with Crippen molar-refractivity contribution in [2.45, 2.75) is 30.2 Å². The second-order valence-corrected chi connectivity index (χ2v) is 4.99. The normalized spacial score (nSPS) is 16.9. The Morgan fingerprint density at radius 2 is 2.38 bits per heavy atom. The Bertz CT molecular complexity index is 393. The zero-order valence-electron chi connectivity index (χ0n) is 9.34. The first kappa shape index (κ1) is 11.4. The van der Waals surface area contributed by atoms with Crippen LogP contribution in [0.25, 0.3) is 0 Å². The molecule has 0 bridgehead atoms. The average molecular weight is 238 g/mol. The molecule has 0 aliphatic heterocycles. The van der Waals surface area contributed by atoms with Crippen LogP contribution in [-0.4, -0.2) is 28.3 Å². The average Bonchev–Trinajstić information content (AvgIpc) is 3.09. The first-order chi connectivity index (χ1) is 7.70. The van der Waals surface area contributed by atoms with Crippen LogP contribution < -0.4 is 0 Å². The summed E-state index contributed by atoms with van der Waals surface area (Å²) in [5.41, 5.74) is 0.914. The van der Waals surface area contributed by atoms with Gasteiger partial charge < -0.3 is 4.74 Å². The van der Waals surface area contributed by atoms with Gasteiger partial charge in [0.1, 0.15) is 5.25 Å². The lowest BCUT2D eigenvalue weighted by atomic mass is 10.3. The molecule has 4 nitrogen and oxygen atoms in total. The van der Waals surface area contributed by atoms with Gasteiger partial charge in [0.25, 0.3) is 0 Å². The summed E-state index contributed by atoms with van der Waals surface area (Å²) in [4.78, 5) is 20.0. The fourth-order valence-corrected chi connectivity index (χ4v) is 2.65. The van der Waals surface area contributed by atoms with Crippen LogP contribution in [0.2, 0.25) is 0 Å². The third-order valence-corrected chi connectivity index (χ3v) is 3.73. The Kier molecular flexibility index (Phi) is 3.43. The maximum Gasteiger partial charge on any atom is 0.319 e. The number of esters is 1. The molecule has 1 heterocycles. The number of ether oxygens (including phenoxy) is 1. The summed E-state index contributed by atoms with van der Waals surface area (Å²) in [5, 5.41) is 0.508. The van der Waals surface area contributed by atoms with E-state index < -0.39 is 0 Å². The zero-order chi connectivity index (χ0) is 11.5. The largest absolute Gasteiger partial charge is 0.468 e. The van der Waals surface area contributed by atoms with Crippen molar-refractivity contribution in [3.63, 3.8) is 0 Å². The van der Waals surface area contributed by atoms with E-state index in [1.807, 2.05) is 13.0 Å². The van der Waals surface area contributed by atoms with Gasteiger partial charge in [-0.1, -0.05) is 11.8 Å². The van der Waals surface area contributed by atoms with Gasteiger partial charge in [-0.2, -0.15) is 0 Å². The first-order valence-corrected chi connectivity index (χ1v) is 6.13. The molecule has 1 aromatic rings. The molecule has 16 heavy (non-hydrogen) atoms. The number of thioether (sulfide) groups is 1. The number of hydrogen-bond donors (Lipinski definition) is 0. The molecule has 0 saturated heterocycles. The molecule has 86 valence electrons. The molecular formula is C11H14N2O2S. The summed E-state index contributed by atoms with van der Waals surface area (Å²) in [6.07, 6.45) is 3.91. The van der Waals surface area contributed by atoms with Crippen molar-refractivity contribution in [3.05, 3.63) is 18.0 Å². The molecule has 1 aliphatic rings. The van der Waals surface area contributed by atoms with Gasteiger partial charge in [0.2, 0.25) is 0 Å². The van der Waals surface area contributed by atoms with Crippen molar-refractivity contribution in [3.8, 4) is 0 Å². The minimum Gasteiger partial charge on any atom is -0.468 e. The Balaban J connectivity index is 2.08. The van der Waals surface area contributed by atoms with Gasteiger partial charge in [-0.15, -0.1) is 0 Å². The third kappa shape index (κ3) is 2.72. The minimum absolute atomic E-state index is 0.146. The van der Waals surface area contributed by atoms with E-state index in [1.54, 1.807) is 6.20 Å². The molecule has 1 fully saturated rings. The van der Waals surface area contributed by atoms with Gasteiger partial charge >= 0.3 is 5.97 Å². The van der Waals surface area contributed by atoms with Crippen molar-refractivity contribution in [1.29, 1.82) is 0 Å². The van der Waals surface area contributed by atoms with Crippen LogP contribution in [-0.2, 0) is 9.53 Å². The highest BCUT2D eigenvalue weighted by Crippen LogP contribution is 2.41. The summed E-state index contributed by atoms with van der Waals surface area (Å²) in [7, 11) is 1.43. The van der Waals surface area contributed by atoms with Crippen LogP contribution in [0.5, 0.6) is 0 Å². The number of hydrogen-bond acceptors (Lipinski definition) is 5. The Hall–Kier alpha value is -1.10. The van der Waals surface area contributed by atoms with Crippen molar-refractivity contribution in [1.82, 2.24) is 9.97 Å². The van der Waals surface area contributed by atoms with Crippen LogP contribution in [0.15, 0.2) is 17.4 Å². The van der Waals surface area contributed by atoms with E-state index in [2.05, 4.69) is 9.97 Å². The number of aryl methyl sites for hydroxylation is 1. The Morgan fingerprint density at radius 1 is 1.62 bits per heavy atom. The summed E-state index contributed by atoms with van der Waals surface area (Å²) in [6, 6.07) is 1.84. The van der Waals surface area contributed by atoms with E-state index in [9.17, 15) is 4.79 Å². The molecule has 1 atom stereocenters. The lowest BCUT2D eigenvalue weighted by Gasteiger charge is -2.11. The molecule has 2 rings (SSSR count). The molecule has 0 aromatic carbocycles. The van der Waals surface area contributed by atoms with Gasteiger partial charge in [0.15, 0.2) is 5.16 Å². The van der Waals surface area contributed by atoms with E-state index >= 15 is 0 Å². The second-order valence-electron chi connectivity index (χ2n) is 3.88. The lowest BCUT2D eigenvalue weighted by Crippen LogP contribution is -2.21. The molecular weight excluding hydrogens is 224 g/mol. The predicted molar refractivity (Wildman–Crippen MR) is 61.2 cm³/mol. The predicted octanol–water partition coefficient (Wildman–Crippen LogP) is 1.83. The van der Waals surface area contributed by atoms with Gasteiger partial charge in [-0.3, -0.25) is 4.79 Å². The van der Waals surface area contributed by atoms with Gasteiger partial charge in [0.05, 0.1) is 7.11 Å². The van der Waals surface area contributed by atoms with E-state index in [0.29, 0.717) is 11.1 Å². The van der Waals surface area contributed by atoms with Gasteiger partial charge in [0, 0.05) is 11.9 Å². The highest BCUT2D eigenvalue weighted by Gasteiger charge is 2.38. The summed E-state index contributed by atoms with van der Waals surface area (Å²) in [6.45, 7) is 1.91. The van der Waals surface area contributed by atoms with E-state index in [-0.39, 0.29) is 11.2 Å². The van der Waals surface area contributed by atoms with E-state index in [1.165, 1.54) is 18.9 Å². The highest BCUT2D eigenvalue weighted by atomic mass is 32.2. The molecule has 5 heteroatoms. The quantitative estimate of drug-likeness (QED) is 0.455. The number of rotatable bonds is 4. The van der Waals surface area contributed by atoms with Gasteiger partial charge in [-0.05, 0) is 31.7 Å². The monoisotopic (exact) mass is 238 g/mol. The fraction of sp³-hybridized carbons (Fsp3) is 0.545. The van der Waals surface area contributed by atoms with Gasteiger partial charge in [-0.25, -0.2) is 9.97 Å². The summed E-state index contributed by atoms with van der Waals surface area (Å²) in [5.74, 6) is 0.263. The molecule has 1 aromatic heterocycles. The lowest BCUT2D eigenvalue weighted by molar-refractivity contribution is -0.140. The van der Waals surface area contributed by atoms with Crippen LogP contribution in [0.1, 0.15) is 18.5 Å². The number of carbonyl (C=O) groups is 1. The first-order valence-electron chi connectivity index (χ1n) is 5.25. The standard InChI is InChI=1S/C11H14N2O2S/c1-7-5-6-12-11(13-7)16-9(8-3-4-8)10(14)15-2/h5-6,8-9H,3-4H2,1-2H3. The zero-order valence-corrected chi connectivity index (χ0v) is 10.2. The van der Waals surface area contributed by atoms with Crippen LogP contribution in [0, 0.1) is 12.8 Å². The highest BCUT2D eigenvalue weighted by molar-refractivity contribution is 8.00. The number of aromatic nitrogens is 2. The molecule has 1 saturated carbocycles. The molecule has 1 unspecified atom stereocenters. The van der Waals surface area contributed by atoms with E-state index in [4.69, 9.17) is 4.74 Å². The maximum absolute atomic E-state index is 11.6. The number of nitrogens with zero attached hydrogens (tertiary/aromatic N) is 2. The Morgan fingerprint density at radius 3 is 2.94 bits per heavy atom. The van der Waals surface area contributed by atoms with Crippen molar-refractivity contribution in [2.24, 2.45) is 5.92 Å². The summed E-state index contributed by atoms with van der Waals surface area (Å²) < 4.78 is 4.80. The second kappa shape index (κ2) is 4.82.